The highest BCUT2D eigenvalue weighted by molar-refractivity contribution is 7.12. The first-order chi connectivity index (χ1) is 12.8. The largest absolute Gasteiger partial charge is 0.434 e. The van der Waals surface area contributed by atoms with Gasteiger partial charge in [-0.2, -0.15) is 18.3 Å². The molecule has 3 rings (SSSR count). The fraction of sp³-hybridized carbons (Fsp3) is 0.0625. The summed E-state index contributed by atoms with van der Waals surface area (Å²) < 4.78 is 41.2. The first kappa shape index (κ1) is 18.9. The Morgan fingerprint density at radius 1 is 1.07 bits per heavy atom. The minimum Gasteiger partial charge on any atom is -0.267 e. The molecule has 0 saturated carbocycles. The second kappa shape index (κ2) is 7.41. The lowest BCUT2D eigenvalue weighted by atomic mass is 10.2. The van der Waals surface area contributed by atoms with Crippen LogP contribution >= 0.6 is 22.9 Å². The average molecular weight is 415 g/mol. The van der Waals surface area contributed by atoms with Gasteiger partial charge in [-0.15, -0.1) is 11.3 Å². The van der Waals surface area contributed by atoms with Gasteiger partial charge in [-0.1, -0.05) is 29.8 Å². The number of nitrogens with zero attached hydrogens (tertiary/aromatic N) is 2. The van der Waals surface area contributed by atoms with Gasteiger partial charge in [0.1, 0.15) is 4.88 Å². The van der Waals surface area contributed by atoms with Crippen LogP contribution in [-0.4, -0.2) is 21.6 Å². The molecule has 1 aromatic carbocycles. The number of carbonyl (C=O) groups is 2. The molecular weight excluding hydrogens is 405 g/mol. The number of hydrazine groups is 1. The zero-order chi connectivity index (χ0) is 19.6. The molecule has 0 atom stereocenters. The first-order valence-corrected chi connectivity index (χ1v) is 8.59. The Balaban J connectivity index is 1.86. The Morgan fingerprint density at radius 3 is 2.33 bits per heavy atom. The van der Waals surface area contributed by atoms with E-state index in [4.69, 9.17) is 11.6 Å². The van der Waals surface area contributed by atoms with Crippen molar-refractivity contribution >= 4 is 34.8 Å². The summed E-state index contributed by atoms with van der Waals surface area (Å²) in [4.78, 5) is 24.3. The van der Waals surface area contributed by atoms with Gasteiger partial charge >= 0.3 is 6.18 Å². The molecule has 0 radical (unpaired) electrons. The van der Waals surface area contributed by atoms with Crippen molar-refractivity contribution < 1.29 is 22.8 Å². The number of aromatic nitrogens is 2. The summed E-state index contributed by atoms with van der Waals surface area (Å²) in [5.41, 5.74) is 2.13. The van der Waals surface area contributed by atoms with E-state index in [1.165, 1.54) is 18.2 Å². The Hall–Kier alpha value is -2.85. The molecule has 140 valence electrons. The Labute approximate surface area is 159 Å². The molecule has 0 aliphatic heterocycles. The number of rotatable bonds is 3. The molecule has 0 spiro atoms. The standard InChI is InChI=1S/C16H10ClF3N4O2S/c17-11-6-7-27-12(11)15(26)23-22-14(25)10-8-21-24(13(10)16(18,19)20)9-4-2-1-3-5-9/h1-8H,(H,22,25)(H,23,26). The minimum atomic E-state index is -4.85. The van der Waals surface area contributed by atoms with Gasteiger partial charge in [0.25, 0.3) is 11.8 Å². The normalized spacial score (nSPS) is 11.3. The summed E-state index contributed by atoms with van der Waals surface area (Å²) in [6.07, 6.45) is -4.06. The van der Waals surface area contributed by atoms with Crippen LogP contribution in [0.5, 0.6) is 0 Å². The van der Waals surface area contributed by atoms with Crippen LogP contribution in [0.2, 0.25) is 5.02 Å². The first-order valence-electron chi connectivity index (χ1n) is 7.33. The number of alkyl halides is 3. The zero-order valence-corrected chi connectivity index (χ0v) is 14.8. The van der Waals surface area contributed by atoms with Crippen molar-refractivity contribution in [1.82, 2.24) is 20.6 Å². The van der Waals surface area contributed by atoms with E-state index in [1.54, 1.807) is 23.6 Å². The molecule has 2 N–H and O–H groups in total. The zero-order valence-electron chi connectivity index (χ0n) is 13.2. The highest BCUT2D eigenvalue weighted by Gasteiger charge is 2.40. The van der Waals surface area contributed by atoms with Crippen molar-refractivity contribution in [2.75, 3.05) is 0 Å². The SMILES string of the molecule is O=C(NNC(=O)c1sccc1Cl)c1cnn(-c2ccccc2)c1C(F)(F)F. The fourth-order valence-electron chi connectivity index (χ4n) is 2.25. The molecule has 11 heteroatoms. The molecule has 2 aromatic heterocycles. The number of halogens is 4. The van der Waals surface area contributed by atoms with Crippen LogP contribution in [0.4, 0.5) is 13.2 Å². The van der Waals surface area contributed by atoms with Crippen molar-refractivity contribution in [3.8, 4) is 5.69 Å². The van der Waals surface area contributed by atoms with Crippen LogP contribution in [0.15, 0.2) is 48.0 Å². The van der Waals surface area contributed by atoms with E-state index >= 15 is 0 Å². The molecule has 0 bridgehead atoms. The van der Waals surface area contributed by atoms with Gasteiger partial charge < -0.3 is 0 Å². The number of nitrogens with one attached hydrogen (secondary N) is 2. The number of hydrogen-bond acceptors (Lipinski definition) is 4. The smallest absolute Gasteiger partial charge is 0.267 e. The molecule has 2 amide bonds. The Kier molecular flexibility index (Phi) is 5.19. The van der Waals surface area contributed by atoms with Crippen LogP contribution in [0.25, 0.3) is 5.69 Å². The van der Waals surface area contributed by atoms with Crippen LogP contribution < -0.4 is 10.9 Å². The maximum Gasteiger partial charge on any atom is 0.434 e. The van der Waals surface area contributed by atoms with Gasteiger partial charge in [0.2, 0.25) is 0 Å². The number of carbonyl (C=O) groups excluding carboxylic acids is 2. The van der Waals surface area contributed by atoms with Gasteiger partial charge in [0.15, 0.2) is 5.69 Å². The molecule has 3 aromatic rings. The number of benzene rings is 1. The lowest BCUT2D eigenvalue weighted by Gasteiger charge is -2.13. The van der Waals surface area contributed by atoms with Crippen molar-refractivity contribution in [2.24, 2.45) is 0 Å². The van der Waals surface area contributed by atoms with E-state index in [0.29, 0.717) is 4.68 Å². The van der Waals surface area contributed by atoms with Gasteiger partial charge in [-0.25, -0.2) is 4.68 Å². The Bertz CT molecular complexity index is 985. The molecular formula is C16H10ClF3N4O2S. The molecule has 0 unspecified atom stereocenters. The highest BCUT2D eigenvalue weighted by Crippen LogP contribution is 2.33. The number of hydrogen-bond donors (Lipinski definition) is 2. The lowest BCUT2D eigenvalue weighted by Crippen LogP contribution is -2.42. The number of thiophene rings is 1. The maximum atomic E-state index is 13.5. The Morgan fingerprint density at radius 2 is 1.74 bits per heavy atom. The van der Waals surface area contributed by atoms with Gasteiger partial charge in [0, 0.05) is 0 Å². The van der Waals surface area contributed by atoms with Crippen LogP contribution in [0, 0.1) is 0 Å². The molecule has 27 heavy (non-hydrogen) atoms. The predicted octanol–water partition coefficient (Wildman–Crippen LogP) is 3.68. The maximum absolute atomic E-state index is 13.5. The lowest BCUT2D eigenvalue weighted by molar-refractivity contribution is -0.143. The van der Waals surface area contributed by atoms with Crippen molar-refractivity contribution in [1.29, 1.82) is 0 Å². The summed E-state index contributed by atoms with van der Waals surface area (Å²) in [5.74, 6) is -1.90. The van der Waals surface area contributed by atoms with E-state index in [0.717, 1.165) is 17.5 Å². The third-order valence-corrected chi connectivity index (χ3v) is 4.74. The summed E-state index contributed by atoms with van der Waals surface area (Å²) in [5, 5.41) is 5.40. The van der Waals surface area contributed by atoms with E-state index in [9.17, 15) is 22.8 Å². The third-order valence-electron chi connectivity index (χ3n) is 3.40. The fourth-order valence-corrected chi connectivity index (χ4v) is 3.28. The third kappa shape index (κ3) is 3.96. The van der Waals surface area contributed by atoms with Crippen molar-refractivity contribution in [3.63, 3.8) is 0 Å². The minimum absolute atomic E-state index is 0.119. The monoisotopic (exact) mass is 414 g/mol. The summed E-state index contributed by atoms with van der Waals surface area (Å²) in [6, 6.07) is 9.05. The second-order valence-corrected chi connectivity index (χ2v) is 6.48. The topological polar surface area (TPSA) is 76.0 Å². The predicted molar refractivity (Wildman–Crippen MR) is 92.8 cm³/mol. The van der Waals surface area contributed by atoms with E-state index in [1.807, 2.05) is 10.9 Å². The summed E-state index contributed by atoms with van der Waals surface area (Å²) in [6.45, 7) is 0. The van der Waals surface area contributed by atoms with Gasteiger partial charge in [0.05, 0.1) is 22.5 Å². The molecule has 0 aliphatic carbocycles. The van der Waals surface area contributed by atoms with Crippen molar-refractivity contribution in [3.05, 3.63) is 69.1 Å². The quantitative estimate of drug-likeness (QED) is 0.642. The van der Waals surface area contributed by atoms with Crippen LogP contribution in [-0.2, 0) is 6.18 Å². The number of amides is 2. The van der Waals surface area contributed by atoms with E-state index in [-0.39, 0.29) is 15.6 Å². The van der Waals surface area contributed by atoms with Crippen LogP contribution in [0.3, 0.4) is 0 Å². The van der Waals surface area contributed by atoms with Gasteiger partial charge in [-0.05, 0) is 23.6 Å². The average Bonchev–Trinajstić information content (AvgIpc) is 3.26. The summed E-state index contributed by atoms with van der Waals surface area (Å²) in [7, 11) is 0. The highest BCUT2D eigenvalue weighted by atomic mass is 35.5. The van der Waals surface area contributed by atoms with E-state index in [2.05, 4.69) is 5.10 Å². The van der Waals surface area contributed by atoms with Crippen molar-refractivity contribution in [2.45, 2.75) is 6.18 Å². The number of para-hydroxylation sites is 1. The van der Waals surface area contributed by atoms with Crippen LogP contribution in [0.1, 0.15) is 25.7 Å². The molecule has 6 nitrogen and oxygen atoms in total. The molecule has 0 aliphatic rings. The molecule has 2 heterocycles. The molecule has 0 saturated heterocycles. The van der Waals surface area contributed by atoms with Gasteiger partial charge in [-0.3, -0.25) is 20.4 Å². The second-order valence-electron chi connectivity index (χ2n) is 5.16. The summed E-state index contributed by atoms with van der Waals surface area (Å²) >= 11 is 6.82. The van der Waals surface area contributed by atoms with E-state index < -0.39 is 29.2 Å². The molecule has 0 fully saturated rings.